The van der Waals surface area contributed by atoms with Crippen molar-refractivity contribution < 1.29 is 9.72 Å². The summed E-state index contributed by atoms with van der Waals surface area (Å²) in [6, 6.07) is 8.53. The molecule has 26 heavy (non-hydrogen) atoms. The predicted molar refractivity (Wildman–Crippen MR) is 97.7 cm³/mol. The van der Waals surface area contributed by atoms with E-state index in [-0.39, 0.29) is 27.7 Å². The van der Waals surface area contributed by atoms with Crippen LogP contribution in [0.15, 0.2) is 47.5 Å². The van der Waals surface area contributed by atoms with Crippen molar-refractivity contribution in [2.45, 2.75) is 6.54 Å². The first-order valence-corrected chi connectivity index (χ1v) is 8.00. The van der Waals surface area contributed by atoms with Gasteiger partial charge in [0.1, 0.15) is 6.54 Å². The van der Waals surface area contributed by atoms with Gasteiger partial charge in [-0.3, -0.25) is 24.3 Å². The van der Waals surface area contributed by atoms with E-state index in [4.69, 9.17) is 23.2 Å². The Morgan fingerprint density at radius 1 is 1.27 bits per heavy atom. The van der Waals surface area contributed by atoms with Gasteiger partial charge in [0.2, 0.25) is 5.91 Å². The van der Waals surface area contributed by atoms with Crippen molar-refractivity contribution in [2.75, 3.05) is 5.32 Å². The number of carbonyl (C=O) groups is 1. The molecule has 10 heteroatoms. The van der Waals surface area contributed by atoms with Crippen LogP contribution in [0.25, 0.3) is 10.9 Å². The lowest BCUT2D eigenvalue weighted by Crippen LogP contribution is -2.28. The molecule has 3 rings (SSSR count). The SMILES string of the molecule is O=C(Cn1cnc2ccc([N+](=O)[O-])cc2c1=O)Nc1cccc(Cl)c1Cl. The van der Waals surface area contributed by atoms with Crippen LogP contribution in [0.5, 0.6) is 0 Å². The normalized spacial score (nSPS) is 10.7. The van der Waals surface area contributed by atoms with Gasteiger partial charge >= 0.3 is 0 Å². The zero-order chi connectivity index (χ0) is 18.8. The van der Waals surface area contributed by atoms with Gasteiger partial charge in [-0.2, -0.15) is 0 Å². The van der Waals surface area contributed by atoms with E-state index in [1.54, 1.807) is 18.2 Å². The van der Waals surface area contributed by atoms with Crippen molar-refractivity contribution in [3.63, 3.8) is 0 Å². The van der Waals surface area contributed by atoms with Gasteiger partial charge in [0.25, 0.3) is 11.2 Å². The number of amides is 1. The molecule has 1 amide bonds. The lowest BCUT2D eigenvalue weighted by atomic mass is 10.2. The number of nitrogens with zero attached hydrogens (tertiary/aromatic N) is 3. The van der Waals surface area contributed by atoms with E-state index in [2.05, 4.69) is 10.3 Å². The Hall–Kier alpha value is -2.97. The van der Waals surface area contributed by atoms with Crippen LogP contribution in [-0.2, 0) is 11.3 Å². The summed E-state index contributed by atoms with van der Waals surface area (Å²) >= 11 is 11.9. The minimum absolute atomic E-state index is 0.0512. The van der Waals surface area contributed by atoms with Crippen LogP contribution in [0.4, 0.5) is 11.4 Å². The maximum absolute atomic E-state index is 12.5. The predicted octanol–water partition coefficient (Wildman–Crippen LogP) is 3.25. The van der Waals surface area contributed by atoms with Crippen LogP contribution in [-0.4, -0.2) is 20.4 Å². The highest BCUT2D eigenvalue weighted by Crippen LogP contribution is 2.29. The Labute approximate surface area is 156 Å². The van der Waals surface area contributed by atoms with Crippen molar-refractivity contribution in [3.8, 4) is 0 Å². The number of aromatic nitrogens is 2. The second kappa shape index (κ2) is 7.11. The van der Waals surface area contributed by atoms with E-state index in [0.29, 0.717) is 11.2 Å². The number of nitrogens with one attached hydrogen (secondary N) is 1. The fraction of sp³-hybridized carbons (Fsp3) is 0.0625. The molecule has 0 bridgehead atoms. The van der Waals surface area contributed by atoms with E-state index in [1.807, 2.05) is 0 Å². The largest absolute Gasteiger partial charge is 0.323 e. The molecule has 8 nitrogen and oxygen atoms in total. The van der Waals surface area contributed by atoms with Crippen LogP contribution in [0.2, 0.25) is 10.0 Å². The minimum Gasteiger partial charge on any atom is -0.323 e. The summed E-state index contributed by atoms with van der Waals surface area (Å²) in [5, 5.41) is 13.9. The first kappa shape index (κ1) is 17.8. The molecule has 0 unspecified atom stereocenters. The van der Waals surface area contributed by atoms with Crippen molar-refractivity contribution in [1.29, 1.82) is 0 Å². The van der Waals surface area contributed by atoms with Gasteiger partial charge in [0, 0.05) is 12.1 Å². The number of anilines is 1. The number of nitro groups is 1. The van der Waals surface area contributed by atoms with Gasteiger partial charge in [0.15, 0.2) is 0 Å². The van der Waals surface area contributed by atoms with Gasteiger partial charge in [0.05, 0.1) is 37.9 Å². The summed E-state index contributed by atoms with van der Waals surface area (Å²) in [4.78, 5) is 39.0. The van der Waals surface area contributed by atoms with Crippen LogP contribution in [0.1, 0.15) is 0 Å². The molecule has 132 valence electrons. The Bertz CT molecular complexity index is 1100. The van der Waals surface area contributed by atoms with E-state index in [1.165, 1.54) is 18.5 Å². The summed E-state index contributed by atoms with van der Waals surface area (Å²) in [5.74, 6) is -0.525. The maximum atomic E-state index is 12.5. The molecule has 3 aromatic rings. The van der Waals surface area contributed by atoms with E-state index < -0.39 is 16.4 Å². The molecular formula is C16H10Cl2N4O4. The van der Waals surface area contributed by atoms with Gasteiger partial charge < -0.3 is 5.32 Å². The highest BCUT2D eigenvalue weighted by Gasteiger charge is 2.13. The second-order valence-corrected chi connectivity index (χ2v) is 6.07. The van der Waals surface area contributed by atoms with E-state index in [9.17, 15) is 19.7 Å². The molecule has 1 heterocycles. The molecular weight excluding hydrogens is 383 g/mol. The number of rotatable bonds is 4. The number of hydrogen-bond acceptors (Lipinski definition) is 5. The molecule has 0 spiro atoms. The molecule has 1 N–H and O–H groups in total. The van der Waals surface area contributed by atoms with Crippen molar-refractivity contribution >= 4 is 51.4 Å². The number of carbonyl (C=O) groups excluding carboxylic acids is 1. The number of nitro benzene ring substituents is 1. The Morgan fingerprint density at radius 2 is 2.04 bits per heavy atom. The molecule has 0 aliphatic carbocycles. The number of non-ortho nitro benzene ring substituents is 1. The molecule has 0 radical (unpaired) electrons. The molecule has 0 saturated carbocycles. The third kappa shape index (κ3) is 3.51. The molecule has 0 aliphatic heterocycles. The summed E-state index contributed by atoms with van der Waals surface area (Å²) in [6.45, 7) is -0.340. The highest BCUT2D eigenvalue weighted by molar-refractivity contribution is 6.43. The molecule has 2 aromatic carbocycles. The standard InChI is InChI=1S/C16H10Cl2N4O4/c17-11-2-1-3-13(15(11)18)20-14(23)7-21-8-19-12-5-4-9(22(25)26)6-10(12)16(21)24/h1-6,8H,7H2,(H,20,23). The molecule has 0 fully saturated rings. The minimum atomic E-state index is -0.607. The second-order valence-electron chi connectivity index (χ2n) is 5.29. The smallest absolute Gasteiger partial charge is 0.270 e. The van der Waals surface area contributed by atoms with E-state index >= 15 is 0 Å². The van der Waals surface area contributed by atoms with Gasteiger partial charge in [-0.15, -0.1) is 0 Å². The third-order valence-electron chi connectivity index (χ3n) is 3.56. The van der Waals surface area contributed by atoms with Crippen molar-refractivity contribution in [2.24, 2.45) is 0 Å². The topological polar surface area (TPSA) is 107 Å². The number of fused-ring (bicyclic) bond motifs is 1. The first-order valence-electron chi connectivity index (χ1n) is 7.24. The quantitative estimate of drug-likeness (QED) is 0.541. The van der Waals surface area contributed by atoms with Crippen LogP contribution in [0.3, 0.4) is 0 Å². The number of halogens is 2. The fourth-order valence-electron chi connectivity index (χ4n) is 2.32. The first-order chi connectivity index (χ1) is 12.4. The van der Waals surface area contributed by atoms with E-state index in [0.717, 1.165) is 10.6 Å². The summed E-state index contributed by atoms with van der Waals surface area (Å²) in [6.07, 6.45) is 1.20. The van der Waals surface area contributed by atoms with Crippen molar-refractivity contribution in [1.82, 2.24) is 9.55 Å². The van der Waals surface area contributed by atoms with Crippen LogP contribution < -0.4 is 10.9 Å². The molecule has 0 aliphatic rings. The van der Waals surface area contributed by atoms with Gasteiger partial charge in [-0.05, 0) is 18.2 Å². The molecule has 0 saturated heterocycles. The summed E-state index contributed by atoms with van der Waals surface area (Å²) < 4.78 is 1.06. The Balaban J connectivity index is 1.89. The lowest BCUT2D eigenvalue weighted by Gasteiger charge is -2.10. The zero-order valence-corrected chi connectivity index (χ0v) is 14.5. The fourth-order valence-corrected chi connectivity index (χ4v) is 2.67. The van der Waals surface area contributed by atoms with Gasteiger partial charge in [-0.1, -0.05) is 29.3 Å². The summed E-state index contributed by atoms with van der Waals surface area (Å²) in [5.41, 5.74) is -0.188. The number of hydrogen-bond donors (Lipinski definition) is 1. The maximum Gasteiger partial charge on any atom is 0.270 e. The Kier molecular flexibility index (Phi) is 4.88. The Morgan fingerprint density at radius 3 is 2.77 bits per heavy atom. The average molecular weight is 393 g/mol. The highest BCUT2D eigenvalue weighted by atomic mass is 35.5. The van der Waals surface area contributed by atoms with Gasteiger partial charge in [-0.25, -0.2) is 4.98 Å². The van der Waals surface area contributed by atoms with Crippen LogP contribution in [0, 0.1) is 10.1 Å². The van der Waals surface area contributed by atoms with Crippen molar-refractivity contribution in [3.05, 3.63) is 73.2 Å². The third-order valence-corrected chi connectivity index (χ3v) is 4.38. The molecule has 1 aromatic heterocycles. The van der Waals surface area contributed by atoms with Crippen LogP contribution >= 0.6 is 23.2 Å². The summed E-state index contributed by atoms with van der Waals surface area (Å²) in [7, 11) is 0. The monoisotopic (exact) mass is 392 g/mol. The number of benzene rings is 2. The average Bonchev–Trinajstić information content (AvgIpc) is 2.61. The lowest BCUT2D eigenvalue weighted by molar-refractivity contribution is -0.384. The molecule has 0 atom stereocenters. The zero-order valence-electron chi connectivity index (χ0n) is 13.0.